The van der Waals surface area contributed by atoms with Gasteiger partial charge in [0.2, 0.25) is 0 Å². The third kappa shape index (κ3) is 7.69. The van der Waals surface area contributed by atoms with Crippen LogP contribution in [0.5, 0.6) is 0 Å². The molecule has 0 aromatic heterocycles. The van der Waals surface area contributed by atoms with Crippen LogP contribution >= 0.6 is 23.5 Å². The second kappa shape index (κ2) is 9.10. The van der Waals surface area contributed by atoms with Crippen LogP contribution in [0.25, 0.3) is 0 Å². The minimum atomic E-state index is -3.45. The van der Waals surface area contributed by atoms with Crippen molar-refractivity contribution in [3.8, 4) is 0 Å². The first-order valence-corrected chi connectivity index (χ1v) is 10.6. The van der Waals surface area contributed by atoms with Crippen molar-refractivity contribution in [2.45, 2.75) is 39.5 Å². The molecular weight excluding hydrogens is 316 g/mol. The van der Waals surface area contributed by atoms with Gasteiger partial charge in [-0.25, -0.2) is 0 Å². The van der Waals surface area contributed by atoms with Crippen LogP contribution in [0, 0.1) is 5.92 Å². The number of hydrogen-bond donors (Lipinski definition) is 0. The molecule has 0 saturated carbocycles. The Kier molecular flexibility index (Phi) is 8.21. The first-order chi connectivity index (χ1) is 9.41. The lowest BCUT2D eigenvalue weighted by atomic mass is 10.0. The molecule has 0 N–H and O–H groups in total. The molecule has 20 heavy (non-hydrogen) atoms. The van der Waals surface area contributed by atoms with Gasteiger partial charge in [-0.3, -0.25) is 4.79 Å². The molecule has 1 rings (SSSR count). The van der Waals surface area contributed by atoms with Crippen molar-refractivity contribution in [2.75, 3.05) is 23.0 Å². The van der Waals surface area contributed by atoms with E-state index in [1.165, 1.54) is 11.8 Å². The fraction of sp³-hybridized carbons (Fsp3) is 0.846. The van der Waals surface area contributed by atoms with Gasteiger partial charge in [-0.1, -0.05) is 20.3 Å². The van der Waals surface area contributed by atoms with Crippen molar-refractivity contribution in [1.82, 2.24) is 0 Å². The second-order valence-electron chi connectivity index (χ2n) is 5.05. The maximum absolute atomic E-state index is 11.8. The molecule has 1 fully saturated rings. The number of ketones is 1. The highest BCUT2D eigenvalue weighted by atomic mass is 32.2. The molecule has 0 aromatic rings. The van der Waals surface area contributed by atoms with E-state index in [1.807, 2.05) is 13.8 Å². The van der Waals surface area contributed by atoms with Crippen LogP contribution in [0.1, 0.15) is 39.5 Å². The van der Waals surface area contributed by atoms with E-state index in [2.05, 4.69) is 0 Å². The average molecular weight is 340 g/mol. The van der Waals surface area contributed by atoms with Gasteiger partial charge in [0.15, 0.2) is 0 Å². The van der Waals surface area contributed by atoms with E-state index in [4.69, 9.17) is 3.87 Å². The predicted molar refractivity (Wildman–Crippen MR) is 86.9 cm³/mol. The van der Waals surface area contributed by atoms with Crippen molar-refractivity contribution in [2.24, 2.45) is 5.92 Å². The van der Waals surface area contributed by atoms with Crippen LogP contribution in [0.4, 0.5) is 0 Å². The highest BCUT2D eigenvalue weighted by molar-refractivity contribution is 8.18. The minimum Gasteiger partial charge on any atom is -0.299 e. The molecule has 0 spiro atoms. The first kappa shape index (κ1) is 18.0. The van der Waals surface area contributed by atoms with Gasteiger partial charge in [0.25, 0.3) is 0 Å². The molecule has 0 atom stereocenters. The molecule has 0 amide bonds. The number of unbranched alkanes of at least 4 members (excludes halogenated alkanes) is 2. The highest BCUT2D eigenvalue weighted by Gasteiger charge is 2.27. The van der Waals surface area contributed by atoms with Gasteiger partial charge in [0, 0.05) is 23.8 Å². The zero-order valence-corrected chi connectivity index (χ0v) is 14.5. The number of carbonyl (C=O) groups is 1. The van der Waals surface area contributed by atoms with Crippen LogP contribution < -0.4 is 0 Å². The molecule has 0 aromatic carbocycles. The van der Waals surface area contributed by atoms with Crippen LogP contribution in [-0.2, 0) is 18.8 Å². The lowest BCUT2D eigenvalue weighted by Crippen LogP contribution is -2.15. The Morgan fingerprint density at radius 3 is 2.60 bits per heavy atom. The lowest BCUT2D eigenvalue weighted by Gasteiger charge is -2.03. The molecule has 116 valence electrons. The third-order valence-corrected chi connectivity index (χ3v) is 6.60. The maximum atomic E-state index is 11.8. The van der Waals surface area contributed by atoms with Crippen molar-refractivity contribution >= 4 is 44.5 Å². The molecule has 1 saturated heterocycles. The first-order valence-electron chi connectivity index (χ1n) is 6.92. The summed E-state index contributed by atoms with van der Waals surface area (Å²) >= 11 is 3.19. The Morgan fingerprint density at radius 2 is 2.00 bits per heavy atom. The highest BCUT2D eigenvalue weighted by Crippen LogP contribution is 2.19. The van der Waals surface area contributed by atoms with Gasteiger partial charge in [-0.2, -0.15) is 0 Å². The molecule has 1 aliphatic rings. The van der Waals surface area contributed by atoms with Crippen molar-refractivity contribution < 1.29 is 17.1 Å². The van der Waals surface area contributed by atoms with Gasteiger partial charge in [0.1, 0.15) is 17.3 Å². The summed E-state index contributed by atoms with van der Waals surface area (Å²) < 4.78 is 28.7. The molecule has 4 nitrogen and oxygen atoms in total. The van der Waals surface area contributed by atoms with E-state index in [0.29, 0.717) is 23.7 Å². The molecule has 1 heterocycles. The Bertz CT molecular complexity index is 433. The smallest absolute Gasteiger partial charge is 0.299 e. The SMILES string of the molecule is CC(C)C(=O)CCCCCS(=O)(=O)[O+]=C1CSCCS1. The van der Waals surface area contributed by atoms with Crippen molar-refractivity contribution in [1.29, 1.82) is 0 Å². The number of carbonyl (C=O) groups excluding carboxylic acids is 2. The van der Waals surface area contributed by atoms with Crippen LogP contribution in [0.3, 0.4) is 0 Å². The van der Waals surface area contributed by atoms with Crippen LogP contribution in [-0.4, -0.2) is 42.3 Å². The predicted octanol–water partition coefficient (Wildman–Crippen LogP) is 2.64. The van der Waals surface area contributed by atoms with Crippen LogP contribution in [0.15, 0.2) is 0 Å². The van der Waals surface area contributed by atoms with E-state index in [9.17, 15) is 13.2 Å². The molecule has 1 aliphatic heterocycles. The fourth-order valence-electron chi connectivity index (χ4n) is 1.69. The van der Waals surface area contributed by atoms with E-state index < -0.39 is 10.1 Å². The summed E-state index contributed by atoms with van der Waals surface area (Å²) in [5, 5.41) is 0.608. The molecule has 0 unspecified atom stereocenters. The Hall–Kier alpha value is -0.0100. The Morgan fingerprint density at radius 1 is 1.25 bits per heavy atom. The van der Waals surface area contributed by atoms with Gasteiger partial charge < -0.3 is 0 Å². The largest absolute Gasteiger partial charge is 0.496 e. The van der Waals surface area contributed by atoms with E-state index in [1.54, 1.807) is 11.8 Å². The van der Waals surface area contributed by atoms with Gasteiger partial charge in [0.05, 0.1) is 0 Å². The summed E-state index contributed by atoms with van der Waals surface area (Å²) in [5.41, 5.74) is 0. The molecule has 0 bridgehead atoms. The van der Waals surface area contributed by atoms with Gasteiger partial charge in [-0.15, -0.1) is 24.1 Å². The van der Waals surface area contributed by atoms with Gasteiger partial charge in [-0.05, 0) is 24.6 Å². The molecule has 0 radical (unpaired) electrons. The van der Waals surface area contributed by atoms with E-state index in [-0.39, 0.29) is 17.5 Å². The monoisotopic (exact) mass is 339 g/mol. The standard InChI is InChI=1S/C13H23O4S3/c1-11(2)12(14)6-4-3-5-9-20(15,16)17-13-10-18-7-8-19-13/h11H,3-10H2,1-2H3/q+1. The summed E-state index contributed by atoms with van der Waals surface area (Å²) in [7, 11) is -3.45. The number of hydrogen-bond acceptors (Lipinski definition) is 5. The average Bonchev–Trinajstić information content (AvgIpc) is 2.38. The number of thioether (sulfide) groups is 2. The second-order valence-corrected chi connectivity index (χ2v) is 9.00. The zero-order chi connectivity index (χ0) is 15.0. The normalized spacial score (nSPS) is 18.6. The summed E-state index contributed by atoms with van der Waals surface area (Å²) in [6, 6.07) is 0. The maximum Gasteiger partial charge on any atom is 0.496 e. The van der Waals surface area contributed by atoms with Gasteiger partial charge >= 0.3 is 15.2 Å². The molecular formula is C13H23O4S3+. The topological polar surface area (TPSA) is 62.5 Å². The lowest BCUT2D eigenvalue weighted by molar-refractivity contribution is -0.263. The summed E-state index contributed by atoms with van der Waals surface area (Å²) in [6.45, 7) is 3.77. The number of Topliss-reactive ketones (excluding diaryl/α,β-unsaturated/α-hetero) is 1. The van der Waals surface area contributed by atoms with E-state index >= 15 is 0 Å². The number of rotatable bonds is 8. The summed E-state index contributed by atoms with van der Waals surface area (Å²) in [4.78, 5) is 11.4. The van der Waals surface area contributed by atoms with E-state index in [0.717, 1.165) is 24.3 Å². The summed E-state index contributed by atoms with van der Waals surface area (Å²) in [6.07, 6.45) is 2.60. The minimum absolute atomic E-state index is 0.0393. The Balaban J connectivity index is 2.24. The quantitative estimate of drug-likeness (QED) is 0.502. The molecule has 0 aliphatic carbocycles. The molecule has 7 heteroatoms. The van der Waals surface area contributed by atoms with Crippen LogP contribution in [0.2, 0.25) is 0 Å². The fourth-order valence-corrected chi connectivity index (χ4v) is 5.23. The Labute approximate surface area is 130 Å². The summed E-state index contributed by atoms with van der Waals surface area (Å²) in [5.74, 6) is 2.97. The zero-order valence-electron chi connectivity index (χ0n) is 12.1. The third-order valence-electron chi connectivity index (χ3n) is 2.89. The van der Waals surface area contributed by atoms with Crippen molar-refractivity contribution in [3.05, 3.63) is 0 Å². The van der Waals surface area contributed by atoms with Crippen molar-refractivity contribution in [3.63, 3.8) is 0 Å².